The van der Waals surface area contributed by atoms with Crippen molar-refractivity contribution in [1.82, 2.24) is 15.0 Å². The SMILES string of the molecule is Cn1nnc2ccc([Se]c3ccccc3)cc2c1=O. The third kappa shape index (κ3) is 2.43. The first-order chi connectivity index (χ1) is 9.24. The Morgan fingerprint density at radius 2 is 1.84 bits per heavy atom. The monoisotopic (exact) mass is 317 g/mol. The van der Waals surface area contributed by atoms with Crippen molar-refractivity contribution in [3.8, 4) is 0 Å². The number of rotatable bonds is 2. The quantitative estimate of drug-likeness (QED) is 0.625. The number of fused-ring (bicyclic) bond motifs is 1. The molecule has 19 heavy (non-hydrogen) atoms. The number of nitrogens with zero attached hydrogens (tertiary/aromatic N) is 3. The van der Waals surface area contributed by atoms with Gasteiger partial charge in [-0.1, -0.05) is 0 Å². The Morgan fingerprint density at radius 1 is 1.05 bits per heavy atom. The molecule has 2 aromatic carbocycles. The van der Waals surface area contributed by atoms with Crippen LogP contribution in [0.25, 0.3) is 10.9 Å². The predicted octanol–water partition coefficient (Wildman–Crippen LogP) is -0.0165. The molecule has 0 aliphatic heterocycles. The molecule has 0 radical (unpaired) electrons. The van der Waals surface area contributed by atoms with Gasteiger partial charge in [-0.25, -0.2) is 0 Å². The van der Waals surface area contributed by atoms with Crippen LogP contribution in [0.1, 0.15) is 0 Å². The summed E-state index contributed by atoms with van der Waals surface area (Å²) in [4.78, 5) is 12.0. The van der Waals surface area contributed by atoms with Gasteiger partial charge >= 0.3 is 116 Å². The van der Waals surface area contributed by atoms with Crippen molar-refractivity contribution in [2.45, 2.75) is 0 Å². The molecule has 3 rings (SSSR count). The normalized spacial score (nSPS) is 10.8. The molecule has 1 aromatic heterocycles. The van der Waals surface area contributed by atoms with E-state index in [0.29, 0.717) is 10.9 Å². The molecule has 0 aliphatic rings. The number of hydrogen-bond donors (Lipinski definition) is 0. The van der Waals surface area contributed by atoms with Crippen molar-refractivity contribution in [3.05, 3.63) is 58.9 Å². The van der Waals surface area contributed by atoms with Crippen LogP contribution in [0.3, 0.4) is 0 Å². The Balaban J connectivity index is 2.07. The summed E-state index contributed by atoms with van der Waals surface area (Å²) in [6.07, 6.45) is 0. The van der Waals surface area contributed by atoms with E-state index in [2.05, 4.69) is 22.4 Å². The first kappa shape index (κ1) is 12.1. The topological polar surface area (TPSA) is 47.8 Å². The van der Waals surface area contributed by atoms with Gasteiger partial charge in [-0.3, -0.25) is 0 Å². The summed E-state index contributed by atoms with van der Waals surface area (Å²) >= 11 is 0.198. The summed E-state index contributed by atoms with van der Waals surface area (Å²) < 4.78 is 3.71. The average Bonchev–Trinajstić information content (AvgIpc) is 2.45. The van der Waals surface area contributed by atoms with Gasteiger partial charge in [-0.2, -0.15) is 0 Å². The van der Waals surface area contributed by atoms with E-state index in [1.54, 1.807) is 7.05 Å². The third-order valence-electron chi connectivity index (χ3n) is 2.76. The van der Waals surface area contributed by atoms with Crippen LogP contribution in [-0.4, -0.2) is 30.0 Å². The molecule has 0 bridgehead atoms. The summed E-state index contributed by atoms with van der Waals surface area (Å²) in [6.45, 7) is 0. The van der Waals surface area contributed by atoms with Gasteiger partial charge in [-0.15, -0.1) is 0 Å². The fraction of sp³-hybridized carbons (Fsp3) is 0.0714. The van der Waals surface area contributed by atoms with Crippen LogP contribution in [0.15, 0.2) is 53.3 Å². The van der Waals surface area contributed by atoms with Crippen LogP contribution in [0.2, 0.25) is 0 Å². The molecule has 0 saturated heterocycles. The molecule has 0 spiro atoms. The van der Waals surface area contributed by atoms with Crippen LogP contribution in [0.5, 0.6) is 0 Å². The molecule has 0 atom stereocenters. The Bertz CT molecular complexity index is 784. The zero-order valence-corrected chi connectivity index (χ0v) is 12.0. The Morgan fingerprint density at radius 3 is 2.63 bits per heavy atom. The van der Waals surface area contributed by atoms with Crippen LogP contribution in [0.4, 0.5) is 0 Å². The summed E-state index contributed by atoms with van der Waals surface area (Å²) in [6, 6.07) is 16.1. The summed E-state index contributed by atoms with van der Waals surface area (Å²) in [5.74, 6) is 0. The Labute approximate surface area is 116 Å². The van der Waals surface area contributed by atoms with Crippen molar-refractivity contribution in [2.75, 3.05) is 0 Å². The van der Waals surface area contributed by atoms with Crippen LogP contribution in [-0.2, 0) is 7.05 Å². The zero-order valence-electron chi connectivity index (χ0n) is 10.3. The van der Waals surface area contributed by atoms with E-state index >= 15 is 0 Å². The van der Waals surface area contributed by atoms with E-state index in [4.69, 9.17) is 0 Å². The van der Waals surface area contributed by atoms with E-state index in [-0.39, 0.29) is 20.5 Å². The minimum atomic E-state index is -0.101. The first-order valence-corrected chi connectivity index (χ1v) is 7.52. The molecular weight excluding hydrogens is 305 g/mol. The van der Waals surface area contributed by atoms with Crippen molar-refractivity contribution in [2.24, 2.45) is 7.05 Å². The zero-order chi connectivity index (χ0) is 13.2. The van der Waals surface area contributed by atoms with Crippen LogP contribution < -0.4 is 14.5 Å². The molecule has 4 nitrogen and oxygen atoms in total. The van der Waals surface area contributed by atoms with E-state index in [1.807, 2.05) is 36.4 Å². The Hall–Kier alpha value is -1.97. The van der Waals surface area contributed by atoms with E-state index in [9.17, 15) is 4.79 Å². The standard InChI is InChI=1S/C14H11N3OSe/c1-17-14(18)12-9-11(7-8-13(12)15-16-17)19-10-5-3-2-4-6-10/h2-9H,1H3. The predicted molar refractivity (Wildman–Crippen MR) is 76.2 cm³/mol. The first-order valence-electron chi connectivity index (χ1n) is 5.81. The molecule has 94 valence electrons. The maximum atomic E-state index is 12.0. The van der Waals surface area contributed by atoms with Crippen molar-refractivity contribution in [3.63, 3.8) is 0 Å². The molecule has 0 N–H and O–H groups in total. The van der Waals surface area contributed by atoms with Gasteiger partial charge in [0.05, 0.1) is 0 Å². The number of aromatic nitrogens is 3. The Kier molecular flexibility index (Phi) is 3.15. The molecule has 0 fully saturated rings. The van der Waals surface area contributed by atoms with E-state index in [0.717, 1.165) is 4.46 Å². The van der Waals surface area contributed by atoms with Crippen molar-refractivity contribution in [1.29, 1.82) is 0 Å². The number of aryl methyl sites for hydroxylation is 1. The second kappa shape index (κ2) is 4.96. The number of hydrogen-bond acceptors (Lipinski definition) is 3. The second-order valence-electron chi connectivity index (χ2n) is 4.11. The van der Waals surface area contributed by atoms with Gasteiger partial charge in [0, 0.05) is 0 Å². The van der Waals surface area contributed by atoms with E-state index < -0.39 is 0 Å². The third-order valence-corrected chi connectivity index (χ3v) is 4.85. The summed E-state index contributed by atoms with van der Waals surface area (Å²) in [5.41, 5.74) is 0.548. The molecule has 0 amide bonds. The molecule has 3 aromatic rings. The number of benzene rings is 2. The van der Waals surface area contributed by atoms with Gasteiger partial charge in [-0.05, 0) is 0 Å². The molecule has 0 saturated carbocycles. The second-order valence-corrected chi connectivity index (χ2v) is 6.52. The summed E-state index contributed by atoms with van der Waals surface area (Å²) in [7, 11) is 1.61. The van der Waals surface area contributed by atoms with Gasteiger partial charge in [0.25, 0.3) is 0 Å². The van der Waals surface area contributed by atoms with E-state index in [1.165, 1.54) is 9.14 Å². The van der Waals surface area contributed by atoms with Gasteiger partial charge in [0.1, 0.15) is 0 Å². The van der Waals surface area contributed by atoms with Gasteiger partial charge in [0.15, 0.2) is 0 Å². The van der Waals surface area contributed by atoms with Crippen LogP contribution in [0, 0.1) is 0 Å². The molecule has 5 heteroatoms. The molecule has 0 unspecified atom stereocenters. The molecule has 1 heterocycles. The molecular formula is C14H11N3OSe. The fourth-order valence-electron chi connectivity index (χ4n) is 1.79. The van der Waals surface area contributed by atoms with Crippen molar-refractivity contribution < 1.29 is 0 Å². The fourth-order valence-corrected chi connectivity index (χ4v) is 3.63. The van der Waals surface area contributed by atoms with Gasteiger partial charge in [0.2, 0.25) is 0 Å². The average molecular weight is 316 g/mol. The summed E-state index contributed by atoms with van der Waals surface area (Å²) in [5, 5.41) is 8.42. The van der Waals surface area contributed by atoms with Gasteiger partial charge < -0.3 is 0 Å². The van der Waals surface area contributed by atoms with Crippen LogP contribution >= 0.6 is 0 Å². The minimum absolute atomic E-state index is 0.101. The molecule has 0 aliphatic carbocycles. The maximum absolute atomic E-state index is 12.0. The van der Waals surface area contributed by atoms with Crippen molar-refractivity contribution >= 4 is 34.8 Å².